The fraction of sp³-hybridized carbons (Fsp3) is 0.650. The van der Waals surface area contributed by atoms with E-state index in [1.807, 2.05) is 18.2 Å². The van der Waals surface area contributed by atoms with E-state index in [2.05, 4.69) is 43.5 Å². The minimum absolute atomic E-state index is 0.0842. The van der Waals surface area contributed by atoms with E-state index in [4.69, 9.17) is 9.73 Å². The highest BCUT2D eigenvalue weighted by molar-refractivity contribution is 5.79. The van der Waals surface area contributed by atoms with Gasteiger partial charge in [0.2, 0.25) is 0 Å². The molecular weight excluding hydrogens is 314 g/mol. The van der Waals surface area contributed by atoms with Crippen molar-refractivity contribution in [1.82, 2.24) is 10.6 Å². The molecule has 0 aliphatic carbocycles. The molecule has 0 aliphatic heterocycles. The quantitative estimate of drug-likeness (QED) is 0.308. The highest BCUT2D eigenvalue weighted by atomic mass is 16.5. The Labute approximate surface area is 152 Å². The molecule has 0 saturated heterocycles. The topological polar surface area (TPSA) is 65.9 Å². The highest BCUT2D eigenvalue weighted by Gasteiger charge is 2.25. The summed E-state index contributed by atoms with van der Waals surface area (Å²) in [4.78, 5) is 4.73. The number of ether oxygens (including phenoxy) is 1. The van der Waals surface area contributed by atoms with E-state index in [0.29, 0.717) is 19.8 Å². The van der Waals surface area contributed by atoms with E-state index in [-0.39, 0.29) is 12.0 Å². The Morgan fingerprint density at radius 2 is 1.84 bits per heavy atom. The second-order valence-corrected chi connectivity index (χ2v) is 6.34. The first-order valence-corrected chi connectivity index (χ1v) is 9.44. The van der Waals surface area contributed by atoms with Crippen LogP contribution in [0.25, 0.3) is 0 Å². The van der Waals surface area contributed by atoms with Crippen molar-refractivity contribution in [3.8, 4) is 0 Å². The predicted molar refractivity (Wildman–Crippen MR) is 105 cm³/mol. The molecular formula is C20H35N3O2. The minimum Gasteiger partial charge on any atom is -0.396 e. The van der Waals surface area contributed by atoms with Crippen LogP contribution in [0.3, 0.4) is 0 Å². The summed E-state index contributed by atoms with van der Waals surface area (Å²) in [5, 5.41) is 15.9. The van der Waals surface area contributed by atoms with Crippen LogP contribution < -0.4 is 10.6 Å². The van der Waals surface area contributed by atoms with Crippen LogP contribution in [0, 0.1) is 5.41 Å². The molecule has 1 aromatic carbocycles. The maximum absolute atomic E-state index is 9.33. The number of aliphatic hydroxyl groups is 1. The molecule has 1 aromatic rings. The molecule has 3 N–H and O–H groups in total. The van der Waals surface area contributed by atoms with E-state index in [1.54, 1.807) is 0 Å². The molecule has 0 unspecified atom stereocenters. The summed E-state index contributed by atoms with van der Waals surface area (Å²) in [7, 11) is 0. The Bertz CT molecular complexity index is 473. The normalized spacial score (nSPS) is 12.2. The van der Waals surface area contributed by atoms with Crippen LogP contribution in [0.1, 0.15) is 45.6 Å². The van der Waals surface area contributed by atoms with Crippen molar-refractivity contribution < 1.29 is 9.84 Å². The van der Waals surface area contributed by atoms with Gasteiger partial charge in [-0.1, -0.05) is 44.2 Å². The second kappa shape index (κ2) is 12.7. The Morgan fingerprint density at radius 3 is 2.44 bits per heavy atom. The number of benzene rings is 1. The van der Waals surface area contributed by atoms with Crippen molar-refractivity contribution >= 4 is 5.96 Å². The van der Waals surface area contributed by atoms with Gasteiger partial charge < -0.3 is 20.5 Å². The number of hydrogen-bond donors (Lipinski definition) is 3. The first-order chi connectivity index (χ1) is 12.2. The second-order valence-electron chi connectivity index (χ2n) is 6.34. The lowest BCUT2D eigenvalue weighted by Crippen LogP contribution is -2.40. The first kappa shape index (κ1) is 21.5. The van der Waals surface area contributed by atoms with Gasteiger partial charge >= 0.3 is 0 Å². The van der Waals surface area contributed by atoms with Crippen molar-refractivity contribution in [3.63, 3.8) is 0 Å². The molecule has 0 spiro atoms. The van der Waals surface area contributed by atoms with Gasteiger partial charge in [0, 0.05) is 26.2 Å². The van der Waals surface area contributed by atoms with Gasteiger partial charge in [0.25, 0.3) is 0 Å². The van der Waals surface area contributed by atoms with Crippen LogP contribution in [0.15, 0.2) is 35.3 Å². The van der Waals surface area contributed by atoms with Crippen molar-refractivity contribution in [2.45, 2.75) is 46.6 Å². The van der Waals surface area contributed by atoms with Crippen molar-refractivity contribution in [2.75, 3.05) is 32.8 Å². The molecule has 0 fully saturated rings. The zero-order chi connectivity index (χ0) is 18.4. The summed E-state index contributed by atoms with van der Waals surface area (Å²) in [5.41, 5.74) is 1.27. The SMILES string of the molecule is CCNC(=NCC(CC)(CC)CCO)NCCOCc1ccccc1. The number of nitrogens with one attached hydrogen (secondary N) is 2. The molecule has 0 bridgehead atoms. The molecule has 5 heteroatoms. The predicted octanol–water partition coefficient (Wildman–Crippen LogP) is 2.95. The molecule has 1 rings (SSSR count). The Morgan fingerprint density at radius 1 is 1.12 bits per heavy atom. The van der Waals surface area contributed by atoms with Gasteiger partial charge in [-0.25, -0.2) is 0 Å². The van der Waals surface area contributed by atoms with Crippen LogP contribution in [0.2, 0.25) is 0 Å². The molecule has 142 valence electrons. The van der Waals surface area contributed by atoms with E-state index in [0.717, 1.165) is 38.3 Å². The fourth-order valence-electron chi connectivity index (χ4n) is 2.74. The van der Waals surface area contributed by atoms with E-state index in [9.17, 15) is 5.11 Å². The summed E-state index contributed by atoms with van der Waals surface area (Å²) >= 11 is 0. The molecule has 0 aliphatic rings. The van der Waals surface area contributed by atoms with Gasteiger partial charge in [-0.3, -0.25) is 4.99 Å². The smallest absolute Gasteiger partial charge is 0.191 e. The summed E-state index contributed by atoms with van der Waals surface area (Å²) in [6.07, 6.45) is 2.84. The molecule has 0 aromatic heterocycles. The summed E-state index contributed by atoms with van der Waals surface area (Å²) in [6, 6.07) is 10.2. The number of aliphatic hydroxyl groups excluding tert-OH is 1. The van der Waals surface area contributed by atoms with Crippen molar-refractivity contribution in [2.24, 2.45) is 10.4 Å². The summed E-state index contributed by atoms with van der Waals surface area (Å²) in [5.74, 6) is 0.815. The Kier molecular flexibility index (Phi) is 10.9. The maximum Gasteiger partial charge on any atom is 0.191 e. The third kappa shape index (κ3) is 8.36. The largest absolute Gasteiger partial charge is 0.396 e. The fourth-order valence-corrected chi connectivity index (χ4v) is 2.74. The average Bonchev–Trinajstić information content (AvgIpc) is 2.65. The molecule has 0 atom stereocenters. The monoisotopic (exact) mass is 349 g/mol. The van der Waals surface area contributed by atoms with Crippen LogP contribution in [-0.2, 0) is 11.3 Å². The lowest BCUT2D eigenvalue weighted by molar-refractivity contribution is 0.125. The molecule has 25 heavy (non-hydrogen) atoms. The Hall–Kier alpha value is -1.59. The van der Waals surface area contributed by atoms with Gasteiger partial charge in [0.05, 0.1) is 13.2 Å². The third-order valence-electron chi connectivity index (χ3n) is 4.71. The molecule has 0 radical (unpaired) electrons. The van der Waals surface area contributed by atoms with Crippen molar-refractivity contribution in [1.29, 1.82) is 0 Å². The number of hydrogen-bond acceptors (Lipinski definition) is 3. The van der Waals surface area contributed by atoms with Crippen LogP contribution in [0.4, 0.5) is 0 Å². The standard InChI is InChI=1S/C20H35N3O2/c1-4-20(5-2,12-14-24)17-23-19(21-6-3)22-13-15-25-16-18-10-8-7-9-11-18/h7-11,24H,4-6,12-17H2,1-3H3,(H2,21,22,23). The summed E-state index contributed by atoms with van der Waals surface area (Å²) in [6.45, 7) is 10.1. The third-order valence-corrected chi connectivity index (χ3v) is 4.71. The number of aliphatic imine (C=N–C) groups is 1. The van der Waals surface area contributed by atoms with E-state index in [1.165, 1.54) is 5.56 Å². The van der Waals surface area contributed by atoms with Gasteiger partial charge in [-0.2, -0.15) is 0 Å². The Balaban J connectivity index is 2.41. The van der Waals surface area contributed by atoms with Gasteiger partial charge in [-0.05, 0) is 37.2 Å². The first-order valence-electron chi connectivity index (χ1n) is 9.44. The van der Waals surface area contributed by atoms with E-state index < -0.39 is 0 Å². The molecule has 0 heterocycles. The minimum atomic E-state index is 0.0842. The number of rotatable bonds is 12. The molecule has 0 amide bonds. The van der Waals surface area contributed by atoms with Gasteiger partial charge in [0.15, 0.2) is 5.96 Å². The average molecular weight is 350 g/mol. The van der Waals surface area contributed by atoms with E-state index >= 15 is 0 Å². The van der Waals surface area contributed by atoms with Gasteiger partial charge in [-0.15, -0.1) is 0 Å². The van der Waals surface area contributed by atoms with Crippen LogP contribution in [-0.4, -0.2) is 43.9 Å². The number of nitrogens with zero attached hydrogens (tertiary/aromatic N) is 1. The zero-order valence-corrected chi connectivity index (χ0v) is 16.1. The lowest BCUT2D eigenvalue weighted by atomic mass is 9.79. The highest BCUT2D eigenvalue weighted by Crippen LogP contribution is 2.30. The maximum atomic E-state index is 9.33. The summed E-state index contributed by atoms with van der Waals surface area (Å²) < 4.78 is 5.70. The van der Waals surface area contributed by atoms with Gasteiger partial charge in [0.1, 0.15) is 0 Å². The van der Waals surface area contributed by atoms with Crippen LogP contribution >= 0.6 is 0 Å². The van der Waals surface area contributed by atoms with Crippen molar-refractivity contribution in [3.05, 3.63) is 35.9 Å². The zero-order valence-electron chi connectivity index (χ0n) is 16.1. The lowest BCUT2D eigenvalue weighted by Gasteiger charge is -2.29. The van der Waals surface area contributed by atoms with Crippen LogP contribution in [0.5, 0.6) is 0 Å². The number of guanidine groups is 1. The molecule has 0 saturated carbocycles. The molecule has 5 nitrogen and oxygen atoms in total.